The fraction of sp³-hybridized carbons (Fsp3) is 0.917. The van der Waals surface area contributed by atoms with Crippen LogP contribution in [0, 0.1) is 5.41 Å². The lowest BCUT2D eigenvalue weighted by Crippen LogP contribution is -2.53. The van der Waals surface area contributed by atoms with E-state index in [0.717, 1.165) is 32.5 Å². The third-order valence-electron chi connectivity index (χ3n) is 3.40. The van der Waals surface area contributed by atoms with Gasteiger partial charge >= 0.3 is 0 Å². The number of hydrogen-bond acceptors (Lipinski definition) is 4. The number of nitrogens with zero attached hydrogens (tertiary/aromatic N) is 1. The predicted octanol–water partition coefficient (Wildman–Crippen LogP) is 1.55. The molecule has 1 fully saturated rings. The second kappa shape index (κ2) is 7.24. The minimum Gasteiger partial charge on any atom is -0.385 e. The molecular formula is C12H25N3OS. The lowest BCUT2D eigenvalue weighted by atomic mass is 9.90. The number of ether oxygens (including phenoxy) is 1. The molecule has 3 N–H and O–H groups in total. The molecule has 0 amide bonds. The lowest BCUT2D eigenvalue weighted by molar-refractivity contribution is -0.0307. The van der Waals surface area contributed by atoms with Crippen LogP contribution in [0.2, 0.25) is 0 Å². The van der Waals surface area contributed by atoms with Crippen molar-refractivity contribution in [3.63, 3.8) is 0 Å². The van der Waals surface area contributed by atoms with Crippen molar-refractivity contribution in [2.75, 3.05) is 38.2 Å². The number of thioether (sulfide) groups is 1. The van der Waals surface area contributed by atoms with E-state index in [2.05, 4.69) is 11.2 Å². The van der Waals surface area contributed by atoms with Crippen LogP contribution in [-0.4, -0.2) is 54.6 Å². The largest absolute Gasteiger partial charge is 0.385 e. The van der Waals surface area contributed by atoms with Gasteiger partial charge in [0.05, 0.1) is 0 Å². The maximum atomic E-state index is 7.70. The number of likely N-dealkylation sites (tertiary alicyclic amines) is 1. The molecule has 5 heteroatoms. The van der Waals surface area contributed by atoms with Gasteiger partial charge in [-0.2, -0.15) is 11.8 Å². The van der Waals surface area contributed by atoms with Gasteiger partial charge in [-0.05, 0) is 44.7 Å². The van der Waals surface area contributed by atoms with Gasteiger partial charge in [0.25, 0.3) is 0 Å². The van der Waals surface area contributed by atoms with Gasteiger partial charge in [0.2, 0.25) is 0 Å². The summed E-state index contributed by atoms with van der Waals surface area (Å²) in [6, 6.07) is 0. The van der Waals surface area contributed by atoms with Crippen molar-refractivity contribution in [1.82, 2.24) is 4.90 Å². The summed E-state index contributed by atoms with van der Waals surface area (Å²) in [7, 11) is 0. The third-order valence-corrected chi connectivity index (χ3v) is 4.09. The third kappa shape index (κ3) is 4.16. The Labute approximate surface area is 109 Å². The van der Waals surface area contributed by atoms with Crippen LogP contribution in [0.15, 0.2) is 0 Å². The summed E-state index contributed by atoms with van der Waals surface area (Å²) in [5.74, 6) is 1.42. The number of nitrogens with two attached hydrogens (primary N) is 1. The van der Waals surface area contributed by atoms with Crippen molar-refractivity contribution in [2.45, 2.75) is 31.8 Å². The highest BCUT2D eigenvalue weighted by Gasteiger charge is 2.37. The molecular weight excluding hydrogens is 234 g/mol. The molecule has 0 aromatic carbocycles. The maximum absolute atomic E-state index is 7.70. The molecule has 0 radical (unpaired) electrons. The van der Waals surface area contributed by atoms with Crippen LogP contribution in [0.1, 0.15) is 26.2 Å². The van der Waals surface area contributed by atoms with Crippen LogP contribution in [0.5, 0.6) is 0 Å². The lowest BCUT2D eigenvalue weighted by Gasteiger charge is -2.40. The maximum Gasteiger partial charge on any atom is 0.127 e. The van der Waals surface area contributed by atoms with E-state index >= 15 is 0 Å². The van der Waals surface area contributed by atoms with Crippen LogP contribution in [0.3, 0.4) is 0 Å². The summed E-state index contributed by atoms with van der Waals surface area (Å²) in [6.45, 7) is 5.74. The number of piperidine rings is 1. The van der Waals surface area contributed by atoms with Crippen LogP contribution >= 0.6 is 11.8 Å². The summed E-state index contributed by atoms with van der Waals surface area (Å²) in [5.41, 5.74) is 5.21. The van der Waals surface area contributed by atoms with Gasteiger partial charge in [-0.25, -0.2) is 0 Å². The van der Waals surface area contributed by atoms with Crippen molar-refractivity contribution in [2.24, 2.45) is 5.73 Å². The monoisotopic (exact) mass is 259 g/mol. The predicted molar refractivity (Wildman–Crippen MR) is 74.9 cm³/mol. The molecule has 1 aliphatic heterocycles. The zero-order valence-electron chi connectivity index (χ0n) is 11.0. The molecule has 4 nitrogen and oxygen atoms in total. The molecule has 0 aromatic rings. The molecule has 0 atom stereocenters. The number of amidine groups is 1. The molecule has 1 saturated heterocycles. The molecule has 1 rings (SSSR count). The zero-order chi connectivity index (χ0) is 12.7. The molecule has 1 heterocycles. The molecule has 1 aliphatic rings. The summed E-state index contributed by atoms with van der Waals surface area (Å²) in [5, 5.41) is 7.70. The second-order valence-electron chi connectivity index (χ2n) is 4.53. The minimum absolute atomic E-state index is 0.197. The highest BCUT2D eigenvalue weighted by atomic mass is 32.2. The standard InChI is InChI=1S/C12H25N3OS/c1-3-16-12(11(13)14)5-8-15(9-6-12)7-4-10-17-2/h3-10H2,1-2H3,(H3,13,14). The first-order valence-electron chi connectivity index (χ1n) is 6.34. The van der Waals surface area contributed by atoms with Gasteiger partial charge in [0.1, 0.15) is 11.4 Å². The number of rotatable bonds is 7. The normalized spacial score (nSPS) is 20.4. The van der Waals surface area contributed by atoms with Crippen molar-refractivity contribution < 1.29 is 4.74 Å². The number of nitrogens with one attached hydrogen (secondary N) is 1. The van der Waals surface area contributed by atoms with E-state index in [9.17, 15) is 0 Å². The molecule has 0 aliphatic carbocycles. The van der Waals surface area contributed by atoms with E-state index in [1.807, 2.05) is 18.7 Å². The smallest absolute Gasteiger partial charge is 0.127 e. The Balaban J connectivity index is 2.39. The van der Waals surface area contributed by atoms with Gasteiger partial charge in [0.15, 0.2) is 0 Å². The second-order valence-corrected chi connectivity index (χ2v) is 5.51. The molecule has 0 unspecified atom stereocenters. The first-order valence-corrected chi connectivity index (χ1v) is 7.74. The summed E-state index contributed by atoms with van der Waals surface area (Å²) < 4.78 is 5.73. The molecule has 17 heavy (non-hydrogen) atoms. The van der Waals surface area contributed by atoms with Crippen LogP contribution in [-0.2, 0) is 4.74 Å². The molecule has 0 spiro atoms. The average molecular weight is 259 g/mol. The van der Waals surface area contributed by atoms with Gasteiger partial charge in [-0.1, -0.05) is 0 Å². The fourth-order valence-electron chi connectivity index (χ4n) is 2.34. The van der Waals surface area contributed by atoms with Crippen molar-refractivity contribution >= 4 is 17.6 Å². The van der Waals surface area contributed by atoms with E-state index in [1.54, 1.807) is 0 Å². The van der Waals surface area contributed by atoms with Gasteiger partial charge in [-0.15, -0.1) is 0 Å². The molecule has 0 bridgehead atoms. The molecule has 0 aromatic heterocycles. The van der Waals surface area contributed by atoms with E-state index in [1.165, 1.54) is 12.2 Å². The quantitative estimate of drug-likeness (QED) is 0.414. The fourth-order valence-corrected chi connectivity index (χ4v) is 2.76. The summed E-state index contributed by atoms with van der Waals surface area (Å²) in [4.78, 5) is 2.45. The van der Waals surface area contributed by atoms with Gasteiger partial charge in [-0.3, -0.25) is 5.41 Å². The topological polar surface area (TPSA) is 62.3 Å². The Morgan fingerprint density at radius 2 is 2.12 bits per heavy atom. The Morgan fingerprint density at radius 3 is 2.59 bits per heavy atom. The average Bonchev–Trinajstić information content (AvgIpc) is 2.32. The van der Waals surface area contributed by atoms with Crippen molar-refractivity contribution in [3.05, 3.63) is 0 Å². The van der Waals surface area contributed by atoms with E-state index in [4.69, 9.17) is 15.9 Å². The number of hydrogen-bond donors (Lipinski definition) is 2. The Morgan fingerprint density at radius 1 is 1.47 bits per heavy atom. The Hall–Kier alpha value is -0.260. The highest BCUT2D eigenvalue weighted by Crippen LogP contribution is 2.26. The first-order chi connectivity index (χ1) is 8.14. The minimum atomic E-state index is -0.481. The highest BCUT2D eigenvalue weighted by molar-refractivity contribution is 7.98. The summed E-state index contributed by atoms with van der Waals surface area (Å²) >= 11 is 1.90. The van der Waals surface area contributed by atoms with Crippen LogP contribution < -0.4 is 5.73 Å². The molecule has 0 saturated carbocycles. The Bertz CT molecular complexity index is 240. The van der Waals surface area contributed by atoms with Gasteiger partial charge < -0.3 is 15.4 Å². The van der Waals surface area contributed by atoms with Crippen molar-refractivity contribution in [1.29, 1.82) is 5.41 Å². The first kappa shape index (κ1) is 14.8. The zero-order valence-corrected chi connectivity index (χ0v) is 11.8. The van der Waals surface area contributed by atoms with Crippen molar-refractivity contribution in [3.8, 4) is 0 Å². The van der Waals surface area contributed by atoms with E-state index < -0.39 is 5.60 Å². The van der Waals surface area contributed by atoms with E-state index in [-0.39, 0.29) is 5.84 Å². The van der Waals surface area contributed by atoms with Crippen LogP contribution in [0.4, 0.5) is 0 Å². The Kier molecular flexibility index (Phi) is 6.30. The van der Waals surface area contributed by atoms with Gasteiger partial charge in [0, 0.05) is 19.7 Å². The summed E-state index contributed by atoms with van der Waals surface area (Å²) in [6.07, 6.45) is 5.10. The van der Waals surface area contributed by atoms with E-state index in [0.29, 0.717) is 6.61 Å². The molecule has 100 valence electrons. The van der Waals surface area contributed by atoms with Crippen LogP contribution in [0.25, 0.3) is 0 Å². The SMILES string of the molecule is CCOC1(C(=N)N)CCN(CCCSC)CC1.